The molecule has 0 bridgehead atoms. The van der Waals surface area contributed by atoms with E-state index in [0.717, 1.165) is 16.7 Å². The molecular weight excluding hydrogens is 606 g/mol. The maximum atomic E-state index is 14.1. The molecule has 6 rings (SSSR count). The molecule has 0 aromatic heterocycles. The first-order valence-electron chi connectivity index (χ1n) is 14.8. The standard InChI is InChI=1S/C35H33N3O7S/c1-35(16-17-42-34(41)37-20-24-10-15-29-30(18-24)45-22-44-29)33(40)38(27-9-5-8-26(19-27)31(36)39)32(46-35)25-11-13-28(14-12-25)43-21-23-6-3-2-4-7-23/h2-15,18-19,32H,16-17,20-22H2,1H3,(H2,36,39)(H,37,41)/t32-,35+/m0/s1. The Bertz CT molecular complexity index is 1730. The lowest BCUT2D eigenvalue weighted by atomic mass is 10.0. The summed E-state index contributed by atoms with van der Waals surface area (Å²) in [5, 5.41) is 2.32. The van der Waals surface area contributed by atoms with Crippen LogP contribution in [0, 0.1) is 0 Å². The maximum Gasteiger partial charge on any atom is 0.407 e. The average Bonchev–Trinajstić information content (AvgIpc) is 3.65. The Balaban J connectivity index is 1.13. The first-order valence-corrected chi connectivity index (χ1v) is 15.6. The molecule has 236 valence electrons. The second-order valence-corrected chi connectivity index (χ2v) is 12.6. The summed E-state index contributed by atoms with van der Waals surface area (Å²) < 4.78 is 21.2. The van der Waals surface area contributed by atoms with E-state index in [1.807, 2.05) is 67.6 Å². The zero-order chi connectivity index (χ0) is 32.1. The van der Waals surface area contributed by atoms with Gasteiger partial charge in [-0.2, -0.15) is 0 Å². The molecule has 1 saturated heterocycles. The predicted molar refractivity (Wildman–Crippen MR) is 174 cm³/mol. The van der Waals surface area contributed by atoms with Crippen LogP contribution in [0.5, 0.6) is 17.2 Å². The van der Waals surface area contributed by atoms with Crippen LogP contribution in [0.4, 0.5) is 10.5 Å². The van der Waals surface area contributed by atoms with E-state index in [-0.39, 0.29) is 32.3 Å². The van der Waals surface area contributed by atoms with Gasteiger partial charge in [-0.1, -0.05) is 54.6 Å². The lowest BCUT2D eigenvalue weighted by Crippen LogP contribution is -2.38. The predicted octanol–water partition coefficient (Wildman–Crippen LogP) is 5.95. The van der Waals surface area contributed by atoms with Gasteiger partial charge in [-0.3, -0.25) is 14.5 Å². The number of hydrogen-bond donors (Lipinski definition) is 2. The summed E-state index contributed by atoms with van der Waals surface area (Å²) in [6, 6.07) is 29.7. The van der Waals surface area contributed by atoms with Gasteiger partial charge in [-0.05, 0) is 66.1 Å². The largest absolute Gasteiger partial charge is 0.489 e. The molecule has 2 aliphatic rings. The number of carbonyl (C=O) groups is 3. The third-order valence-electron chi connectivity index (χ3n) is 7.79. The van der Waals surface area contributed by atoms with Crippen LogP contribution in [-0.4, -0.2) is 36.1 Å². The number of nitrogens with one attached hydrogen (secondary N) is 1. The number of primary amides is 1. The van der Waals surface area contributed by atoms with Gasteiger partial charge < -0.3 is 30.0 Å². The third kappa shape index (κ3) is 6.89. The maximum absolute atomic E-state index is 14.1. The molecule has 0 aliphatic carbocycles. The topological polar surface area (TPSA) is 129 Å². The highest BCUT2D eigenvalue weighted by Crippen LogP contribution is 2.53. The van der Waals surface area contributed by atoms with Gasteiger partial charge in [0.1, 0.15) is 17.7 Å². The van der Waals surface area contributed by atoms with E-state index in [4.69, 9.17) is 24.7 Å². The number of thioether (sulfide) groups is 1. The van der Waals surface area contributed by atoms with Gasteiger partial charge >= 0.3 is 6.09 Å². The van der Waals surface area contributed by atoms with E-state index >= 15 is 0 Å². The van der Waals surface area contributed by atoms with Crippen LogP contribution in [0.25, 0.3) is 0 Å². The molecule has 3 amide bonds. The minimum absolute atomic E-state index is 0.0242. The number of amides is 3. The van der Waals surface area contributed by atoms with Crippen molar-refractivity contribution in [2.45, 2.75) is 36.6 Å². The lowest BCUT2D eigenvalue weighted by molar-refractivity contribution is -0.120. The number of carbonyl (C=O) groups excluding carboxylic acids is 3. The molecule has 10 nitrogen and oxygen atoms in total. The molecule has 11 heteroatoms. The van der Waals surface area contributed by atoms with Gasteiger partial charge in [-0.25, -0.2) is 4.79 Å². The normalized spacial score (nSPS) is 18.3. The van der Waals surface area contributed by atoms with Crippen LogP contribution in [0.15, 0.2) is 97.1 Å². The van der Waals surface area contributed by atoms with Crippen molar-refractivity contribution in [3.63, 3.8) is 0 Å². The highest BCUT2D eigenvalue weighted by Gasteiger charge is 2.50. The number of ether oxygens (including phenoxy) is 4. The molecular formula is C35H33N3O7S. The molecule has 2 atom stereocenters. The van der Waals surface area contributed by atoms with E-state index in [9.17, 15) is 14.4 Å². The van der Waals surface area contributed by atoms with Gasteiger partial charge in [0.05, 0.1) is 11.4 Å². The Labute approximate surface area is 270 Å². The summed E-state index contributed by atoms with van der Waals surface area (Å²) in [5.41, 5.74) is 9.18. The summed E-state index contributed by atoms with van der Waals surface area (Å²) in [6.07, 6.45) is -0.320. The number of benzene rings is 4. The number of nitrogens with two attached hydrogens (primary N) is 1. The van der Waals surface area contributed by atoms with Crippen molar-refractivity contribution >= 4 is 35.4 Å². The Kier molecular flexibility index (Phi) is 9.02. The molecule has 0 radical (unpaired) electrons. The van der Waals surface area contributed by atoms with Crippen molar-refractivity contribution in [3.8, 4) is 17.2 Å². The van der Waals surface area contributed by atoms with Gasteiger partial charge in [0, 0.05) is 24.2 Å². The van der Waals surface area contributed by atoms with Crippen molar-refractivity contribution in [2.75, 3.05) is 18.3 Å². The minimum atomic E-state index is -0.923. The lowest BCUT2D eigenvalue weighted by Gasteiger charge is -2.25. The summed E-state index contributed by atoms with van der Waals surface area (Å²) in [5.74, 6) is 1.25. The summed E-state index contributed by atoms with van der Waals surface area (Å²) in [6.45, 7) is 2.72. The summed E-state index contributed by atoms with van der Waals surface area (Å²) >= 11 is 1.46. The molecule has 4 aromatic rings. The number of hydrogen-bond acceptors (Lipinski definition) is 8. The zero-order valence-corrected chi connectivity index (χ0v) is 26.0. The van der Waals surface area contributed by atoms with Crippen LogP contribution >= 0.6 is 11.8 Å². The molecule has 2 heterocycles. The molecule has 1 fully saturated rings. The highest BCUT2D eigenvalue weighted by atomic mass is 32.2. The Morgan fingerprint density at radius 3 is 2.52 bits per heavy atom. The van der Waals surface area contributed by atoms with Crippen molar-refractivity contribution in [3.05, 3.63) is 119 Å². The van der Waals surface area contributed by atoms with Gasteiger partial charge in [0.25, 0.3) is 0 Å². The highest BCUT2D eigenvalue weighted by molar-refractivity contribution is 8.02. The van der Waals surface area contributed by atoms with Crippen LogP contribution < -0.4 is 30.2 Å². The van der Waals surface area contributed by atoms with Crippen molar-refractivity contribution in [2.24, 2.45) is 5.73 Å². The molecule has 0 spiro atoms. The van der Waals surface area contributed by atoms with Crippen LogP contribution in [0.2, 0.25) is 0 Å². The van der Waals surface area contributed by atoms with Crippen molar-refractivity contribution in [1.29, 1.82) is 0 Å². The quantitative estimate of drug-likeness (QED) is 0.206. The second kappa shape index (κ2) is 13.5. The van der Waals surface area contributed by atoms with Gasteiger partial charge in [0.2, 0.25) is 18.6 Å². The third-order valence-corrected chi connectivity index (χ3v) is 9.39. The fourth-order valence-electron chi connectivity index (χ4n) is 5.24. The number of alkyl carbamates (subject to hydrolysis) is 1. The smallest absolute Gasteiger partial charge is 0.407 e. The van der Waals surface area contributed by atoms with Crippen LogP contribution in [0.1, 0.15) is 45.8 Å². The molecule has 0 saturated carbocycles. The van der Waals surface area contributed by atoms with E-state index in [1.165, 1.54) is 11.8 Å². The fourth-order valence-corrected chi connectivity index (χ4v) is 6.75. The number of nitrogens with zero attached hydrogens (tertiary/aromatic N) is 1. The molecule has 0 unspecified atom stereocenters. The van der Waals surface area contributed by atoms with Crippen LogP contribution in [0.3, 0.4) is 0 Å². The van der Waals surface area contributed by atoms with Crippen molar-refractivity contribution in [1.82, 2.24) is 5.32 Å². The first kappa shape index (κ1) is 30.8. The number of fused-ring (bicyclic) bond motifs is 1. The molecule has 3 N–H and O–H groups in total. The van der Waals surface area contributed by atoms with E-state index < -0.39 is 22.1 Å². The summed E-state index contributed by atoms with van der Waals surface area (Å²) in [7, 11) is 0. The Morgan fingerprint density at radius 2 is 1.74 bits per heavy atom. The van der Waals surface area contributed by atoms with Gasteiger partial charge in [0.15, 0.2) is 11.5 Å². The summed E-state index contributed by atoms with van der Waals surface area (Å²) in [4.78, 5) is 40.2. The molecule has 4 aromatic carbocycles. The zero-order valence-electron chi connectivity index (χ0n) is 25.1. The number of anilines is 1. The van der Waals surface area contributed by atoms with E-state index in [0.29, 0.717) is 35.1 Å². The molecule has 2 aliphatic heterocycles. The monoisotopic (exact) mass is 639 g/mol. The average molecular weight is 640 g/mol. The molecule has 46 heavy (non-hydrogen) atoms. The van der Waals surface area contributed by atoms with E-state index in [2.05, 4.69) is 5.32 Å². The first-order chi connectivity index (χ1) is 22.3. The number of rotatable bonds is 11. The SMILES string of the molecule is C[C@]1(CCOC(=O)NCc2ccc3c(c2)OCO3)S[C@@H](c2ccc(OCc3ccccc3)cc2)N(c2cccc(C(N)=O)c2)C1=O. The van der Waals surface area contributed by atoms with Crippen molar-refractivity contribution < 1.29 is 33.3 Å². The fraction of sp³-hybridized carbons (Fsp3) is 0.229. The minimum Gasteiger partial charge on any atom is -0.489 e. The van der Waals surface area contributed by atoms with Gasteiger partial charge in [-0.15, -0.1) is 11.8 Å². The van der Waals surface area contributed by atoms with E-state index in [1.54, 1.807) is 41.3 Å². The second-order valence-electron chi connectivity index (χ2n) is 11.1. The van der Waals surface area contributed by atoms with Crippen LogP contribution in [-0.2, 0) is 22.7 Å². The Morgan fingerprint density at radius 1 is 0.957 bits per heavy atom. The Hall–Kier alpha value is -5.16.